The van der Waals surface area contributed by atoms with Crippen molar-refractivity contribution in [1.29, 1.82) is 0 Å². The molecule has 9 nitrogen and oxygen atoms in total. The lowest BCUT2D eigenvalue weighted by Crippen LogP contribution is -2.37. The van der Waals surface area contributed by atoms with Crippen LogP contribution >= 0.6 is 11.6 Å². The van der Waals surface area contributed by atoms with Crippen molar-refractivity contribution in [3.8, 4) is 0 Å². The summed E-state index contributed by atoms with van der Waals surface area (Å²) in [7, 11) is 0. The summed E-state index contributed by atoms with van der Waals surface area (Å²) in [4.78, 5) is 32.7. The van der Waals surface area contributed by atoms with Gasteiger partial charge >= 0.3 is 5.69 Å². The molecule has 2 aromatic carbocycles. The lowest BCUT2D eigenvalue weighted by Gasteiger charge is -2.27. The van der Waals surface area contributed by atoms with Crippen molar-refractivity contribution in [2.45, 2.75) is 13.5 Å². The Morgan fingerprint density at radius 3 is 2.75 bits per heavy atom. The van der Waals surface area contributed by atoms with E-state index in [4.69, 9.17) is 21.3 Å². The second kappa shape index (κ2) is 8.25. The van der Waals surface area contributed by atoms with E-state index < -0.39 is 5.69 Å². The summed E-state index contributed by atoms with van der Waals surface area (Å²) in [6, 6.07) is 12.7. The van der Waals surface area contributed by atoms with E-state index in [0.717, 1.165) is 5.56 Å². The molecule has 10 heteroatoms. The van der Waals surface area contributed by atoms with E-state index in [1.807, 2.05) is 37.3 Å². The molecule has 0 bridgehead atoms. The molecule has 4 aromatic rings. The van der Waals surface area contributed by atoms with Crippen molar-refractivity contribution in [1.82, 2.24) is 19.2 Å². The summed E-state index contributed by atoms with van der Waals surface area (Å²) < 4.78 is 8.13. The smallest absolute Gasteiger partial charge is 0.351 e. The standard InChI is InChI=1S/C22H21ClN6O3/c1-14-6-7-15(12-16(14)23)24-19(30)13-28-22(31)29-18-5-3-2-4-17(18)25-20(21(29)26-28)27-8-10-32-11-9-27/h2-7,12H,8-11,13H2,1H3,(H,24,30). The fourth-order valence-electron chi connectivity index (χ4n) is 3.78. The molecular formula is C22H21ClN6O3. The minimum absolute atomic E-state index is 0.233. The number of aryl methyl sites for hydroxylation is 1. The topological polar surface area (TPSA) is 93.8 Å². The molecule has 2 aromatic heterocycles. The van der Waals surface area contributed by atoms with E-state index in [9.17, 15) is 9.59 Å². The van der Waals surface area contributed by atoms with Gasteiger partial charge in [0.1, 0.15) is 6.54 Å². The third-order valence-corrected chi connectivity index (χ3v) is 5.86. The Morgan fingerprint density at radius 1 is 1.19 bits per heavy atom. The van der Waals surface area contributed by atoms with Crippen LogP contribution in [0.3, 0.4) is 0 Å². The van der Waals surface area contributed by atoms with Crippen LogP contribution in [0.15, 0.2) is 47.3 Å². The van der Waals surface area contributed by atoms with E-state index in [1.165, 1.54) is 9.08 Å². The van der Waals surface area contributed by atoms with Gasteiger partial charge in [0, 0.05) is 23.8 Å². The van der Waals surface area contributed by atoms with Crippen molar-refractivity contribution in [3.05, 3.63) is 63.5 Å². The number of rotatable bonds is 4. The van der Waals surface area contributed by atoms with Crippen molar-refractivity contribution < 1.29 is 9.53 Å². The summed E-state index contributed by atoms with van der Waals surface area (Å²) in [5.41, 5.74) is 2.81. The Hall–Kier alpha value is -3.43. The molecule has 0 radical (unpaired) electrons. The summed E-state index contributed by atoms with van der Waals surface area (Å²) in [5.74, 6) is 0.231. The maximum atomic E-state index is 13.3. The summed E-state index contributed by atoms with van der Waals surface area (Å²) in [6.07, 6.45) is 0. The third kappa shape index (κ3) is 3.69. The maximum absolute atomic E-state index is 13.3. The van der Waals surface area contributed by atoms with E-state index in [-0.39, 0.29) is 12.5 Å². The number of carbonyl (C=O) groups excluding carboxylic acids is 1. The number of nitrogens with one attached hydrogen (secondary N) is 1. The van der Waals surface area contributed by atoms with Gasteiger partial charge in [-0.25, -0.2) is 18.9 Å². The number of hydrogen-bond donors (Lipinski definition) is 1. The fourth-order valence-corrected chi connectivity index (χ4v) is 3.96. The van der Waals surface area contributed by atoms with Crippen LogP contribution in [0.4, 0.5) is 11.5 Å². The summed E-state index contributed by atoms with van der Waals surface area (Å²) in [5, 5.41) is 7.81. The lowest BCUT2D eigenvalue weighted by molar-refractivity contribution is -0.117. The lowest BCUT2D eigenvalue weighted by atomic mass is 10.2. The van der Waals surface area contributed by atoms with Crippen LogP contribution in [-0.2, 0) is 16.1 Å². The summed E-state index contributed by atoms with van der Waals surface area (Å²) >= 11 is 6.14. The maximum Gasteiger partial charge on any atom is 0.351 e. The van der Waals surface area contributed by atoms with Crippen LogP contribution in [0.1, 0.15) is 5.56 Å². The molecule has 0 atom stereocenters. The first-order valence-corrected chi connectivity index (χ1v) is 10.7. The molecule has 1 saturated heterocycles. The van der Waals surface area contributed by atoms with Crippen LogP contribution in [0, 0.1) is 6.92 Å². The highest BCUT2D eigenvalue weighted by molar-refractivity contribution is 6.31. The highest BCUT2D eigenvalue weighted by Gasteiger charge is 2.22. The molecule has 1 fully saturated rings. The largest absolute Gasteiger partial charge is 0.378 e. The van der Waals surface area contributed by atoms with Crippen molar-refractivity contribution in [3.63, 3.8) is 0 Å². The van der Waals surface area contributed by atoms with Crippen molar-refractivity contribution in [2.75, 3.05) is 36.5 Å². The van der Waals surface area contributed by atoms with Crippen LogP contribution in [0.2, 0.25) is 5.02 Å². The number of halogens is 1. The van der Waals surface area contributed by atoms with Gasteiger partial charge in [0.2, 0.25) is 11.6 Å². The Morgan fingerprint density at radius 2 is 1.97 bits per heavy atom. The molecule has 32 heavy (non-hydrogen) atoms. The zero-order valence-corrected chi connectivity index (χ0v) is 18.2. The molecule has 1 aliphatic rings. The van der Waals surface area contributed by atoms with Crippen LogP contribution in [-0.4, -0.2) is 51.4 Å². The molecule has 1 N–H and O–H groups in total. The third-order valence-electron chi connectivity index (χ3n) is 5.45. The van der Waals surface area contributed by atoms with Crippen molar-refractivity contribution >= 4 is 45.7 Å². The molecule has 0 unspecified atom stereocenters. The monoisotopic (exact) mass is 452 g/mol. The Balaban J connectivity index is 1.54. The normalized spacial score (nSPS) is 14.2. The average molecular weight is 453 g/mol. The second-order valence-corrected chi connectivity index (χ2v) is 8.04. The fraction of sp³-hybridized carbons (Fsp3) is 0.273. The number of nitrogens with zero attached hydrogens (tertiary/aromatic N) is 5. The highest BCUT2D eigenvalue weighted by atomic mass is 35.5. The molecule has 3 heterocycles. The van der Waals surface area contributed by atoms with E-state index in [0.29, 0.717) is 59.5 Å². The number of ether oxygens (including phenoxy) is 1. The summed E-state index contributed by atoms with van der Waals surface area (Å²) in [6.45, 7) is 4.10. The van der Waals surface area contributed by atoms with E-state index in [1.54, 1.807) is 12.1 Å². The SMILES string of the molecule is Cc1ccc(NC(=O)Cn2nc3c(N4CCOCC4)nc4ccccc4n3c2=O)cc1Cl. The van der Waals surface area contributed by atoms with Gasteiger partial charge in [0.05, 0.1) is 24.2 Å². The van der Waals surface area contributed by atoms with Gasteiger partial charge in [-0.1, -0.05) is 29.8 Å². The number of benzene rings is 2. The molecule has 1 amide bonds. The number of morpholine rings is 1. The zero-order valence-electron chi connectivity index (χ0n) is 17.4. The molecular weight excluding hydrogens is 432 g/mol. The number of hydrogen-bond acceptors (Lipinski definition) is 6. The Bertz CT molecular complexity index is 1390. The van der Waals surface area contributed by atoms with E-state index >= 15 is 0 Å². The zero-order chi connectivity index (χ0) is 22.2. The Kier molecular flexibility index (Phi) is 5.28. The predicted octanol–water partition coefficient (Wildman–Crippen LogP) is 2.48. The molecule has 164 valence electrons. The molecule has 5 rings (SSSR count). The molecule has 0 saturated carbocycles. The number of para-hydroxylation sites is 2. The van der Waals surface area contributed by atoms with Gasteiger partial charge in [-0.05, 0) is 36.8 Å². The number of fused-ring (bicyclic) bond motifs is 3. The van der Waals surface area contributed by atoms with Gasteiger partial charge in [0.25, 0.3) is 0 Å². The number of aromatic nitrogens is 4. The first-order valence-electron chi connectivity index (χ1n) is 10.3. The molecule has 0 spiro atoms. The van der Waals surface area contributed by atoms with Gasteiger partial charge in [-0.2, -0.15) is 0 Å². The Labute approximate surface area is 188 Å². The minimum Gasteiger partial charge on any atom is -0.378 e. The first-order chi connectivity index (χ1) is 15.5. The molecule has 1 aliphatic heterocycles. The van der Waals surface area contributed by atoms with Crippen molar-refractivity contribution in [2.24, 2.45) is 0 Å². The predicted molar refractivity (Wildman–Crippen MR) is 123 cm³/mol. The van der Waals surface area contributed by atoms with Crippen LogP contribution < -0.4 is 15.9 Å². The minimum atomic E-state index is -0.398. The average Bonchev–Trinajstić information content (AvgIpc) is 3.12. The number of amides is 1. The molecule has 0 aliphatic carbocycles. The number of carbonyl (C=O) groups is 1. The van der Waals surface area contributed by atoms with E-state index in [2.05, 4.69) is 15.3 Å². The first kappa shape index (κ1) is 20.5. The quantitative estimate of drug-likeness (QED) is 0.511. The van der Waals surface area contributed by atoms with Gasteiger partial charge in [0.15, 0.2) is 5.82 Å². The van der Waals surface area contributed by atoms with Crippen LogP contribution in [0.5, 0.6) is 0 Å². The van der Waals surface area contributed by atoms with Gasteiger partial charge in [-0.3, -0.25) is 4.79 Å². The second-order valence-electron chi connectivity index (χ2n) is 7.63. The highest BCUT2D eigenvalue weighted by Crippen LogP contribution is 2.23. The van der Waals surface area contributed by atoms with Gasteiger partial charge < -0.3 is 15.0 Å². The number of anilines is 2. The van der Waals surface area contributed by atoms with Crippen LogP contribution in [0.25, 0.3) is 16.7 Å². The van der Waals surface area contributed by atoms with Gasteiger partial charge in [-0.15, -0.1) is 5.10 Å².